The number of ketones is 1. The number of fused-ring (bicyclic) bond motifs is 1. The van der Waals surface area contributed by atoms with Crippen molar-refractivity contribution in [3.05, 3.63) is 18.2 Å². The van der Waals surface area contributed by atoms with Crippen molar-refractivity contribution < 1.29 is 28.9 Å². The minimum Gasteiger partial charge on any atom is -0.481 e. The number of methoxy groups -OCH3 is 2. The molecule has 4 rings (SSSR count). The third kappa shape index (κ3) is 8.08. The lowest BCUT2D eigenvalue weighted by atomic mass is 9.82. The number of ether oxygens (including phenoxy) is 3. The molecular weight excluding hydrogens is 548 g/mol. The van der Waals surface area contributed by atoms with Gasteiger partial charge in [0.05, 0.1) is 18.2 Å². The Bertz CT molecular complexity index is 1090. The molecule has 1 aromatic carbocycles. The highest BCUT2D eigenvalue weighted by Gasteiger charge is 2.43. The molecule has 1 saturated carbocycles. The van der Waals surface area contributed by atoms with Gasteiger partial charge in [-0.15, -0.1) is 0 Å². The second-order valence-electron chi connectivity index (χ2n) is 13.5. The van der Waals surface area contributed by atoms with E-state index < -0.39 is 11.8 Å². The van der Waals surface area contributed by atoms with E-state index >= 15 is 0 Å². The Balaban J connectivity index is 1.47. The maximum absolute atomic E-state index is 14.1. The average Bonchev–Trinajstić information content (AvgIpc) is 3.81. The third-order valence-corrected chi connectivity index (χ3v) is 9.36. The molecule has 3 aliphatic rings. The Hall–Kier alpha value is -2.24. The van der Waals surface area contributed by atoms with Gasteiger partial charge in [-0.05, 0) is 76.0 Å². The molecule has 1 saturated heterocycles. The highest BCUT2D eigenvalue weighted by molar-refractivity contribution is 5.97. The fraction of sp³-hybridized carbons (Fsp3) is 0.758. The molecule has 4 N–H and O–H groups in total. The molecule has 2 fully saturated rings. The first-order valence-corrected chi connectivity index (χ1v) is 16.1. The van der Waals surface area contributed by atoms with Crippen molar-refractivity contribution in [2.75, 3.05) is 56.9 Å². The van der Waals surface area contributed by atoms with E-state index in [0.29, 0.717) is 63.8 Å². The van der Waals surface area contributed by atoms with Crippen LogP contribution in [-0.2, 0) is 19.1 Å². The Labute approximate surface area is 257 Å². The summed E-state index contributed by atoms with van der Waals surface area (Å²) in [6, 6.07) is 5.87. The molecule has 1 aromatic rings. The first-order valence-electron chi connectivity index (χ1n) is 16.1. The molecular formula is C33H54N4O6. The fourth-order valence-corrected chi connectivity index (χ4v) is 6.58. The number of rotatable bonds is 15. The zero-order valence-electron chi connectivity index (χ0n) is 27.0. The van der Waals surface area contributed by atoms with Crippen LogP contribution in [0, 0.1) is 23.7 Å². The van der Waals surface area contributed by atoms with E-state index in [-0.39, 0.29) is 41.5 Å². The van der Waals surface area contributed by atoms with Gasteiger partial charge in [0.25, 0.3) is 0 Å². The Morgan fingerprint density at radius 1 is 1.19 bits per heavy atom. The van der Waals surface area contributed by atoms with E-state index in [2.05, 4.69) is 19.2 Å². The summed E-state index contributed by atoms with van der Waals surface area (Å²) in [7, 11) is 3.35. The Kier molecular flexibility index (Phi) is 11.5. The van der Waals surface area contributed by atoms with Gasteiger partial charge in [-0.1, -0.05) is 13.8 Å². The lowest BCUT2D eigenvalue weighted by Crippen LogP contribution is -2.56. The predicted molar refractivity (Wildman–Crippen MR) is 168 cm³/mol. The monoisotopic (exact) mass is 602 g/mol. The normalized spacial score (nSPS) is 24.7. The van der Waals surface area contributed by atoms with Gasteiger partial charge in [0, 0.05) is 70.6 Å². The summed E-state index contributed by atoms with van der Waals surface area (Å²) in [5.41, 5.74) is 7.27. The summed E-state index contributed by atoms with van der Waals surface area (Å²) in [4.78, 5) is 31.3. The van der Waals surface area contributed by atoms with Crippen molar-refractivity contribution in [3.63, 3.8) is 0 Å². The van der Waals surface area contributed by atoms with Crippen LogP contribution in [0.2, 0.25) is 0 Å². The average molecular weight is 603 g/mol. The first-order chi connectivity index (χ1) is 20.5. The summed E-state index contributed by atoms with van der Waals surface area (Å²) in [5, 5.41) is 14.5. The number of aliphatic hydroxyl groups excluding tert-OH is 1. The molecule has 0 aromatic heterocycles. The van der Waals surface area contributed by atoms with Crippen molar-refractivity contribution in [3.8, 4) is 5.75 Å². The maximum atomic E-state index is 14.1. The molecule has 43 heavy (non-hydrogen) atoms. The van der Waals surface area contributed by atoms with Crippen LogP contribution in [-0.4, -0.2) is 87.8 Å². The molecule has 5 atom stereocenters. The van der Waals surface area contributed by atoms with Gasteiger partial charge >= 0.3 is 0 Å². The van der Waals surface area contributed by atoms with E-state index in [4.69, 9.17) is 19.9 Å². The summed E-state index contributed by atoms with van der Waals surface area (Å²) in [5.74, 6) is 0.992. The number of nitrogens with two attached hydrogens (primary N) is 1. The second-order valence-corrected chi connectivity index (χ2v) is 13.5. The van der Waals surface area contributed by atoms with E-state index in [1.54, 1.807) is 14.2 Å². The molecule has 2 heterocycles. The van der Waals surface area contributed by atoms with Crippen LogP contribution >= 0.6 is 0 Å². The number of Topliss-reactive ketones (excluding diaryl/α,β-unsaturated/α-hetero) is 1. The standard InChI is InChI=1S/C33H54N4O6/c1-21(2)26(20-42-6)27(34)11-12-29(38)22-16-23(19-35-18-22)31(39)37(24-8-9-24)25-10-13-30-28(17-25)36(14-7-15-41-5)32(40)33(3,4)43-30/h10,13,17,21-24,26-27,32,35,40H,7-9,11-12,14-16,18-20,34H2,1-6H3/t22-,23+,26-,27?,32?/m0/s1. The maximum Gasteiger partial charge on any atom is 0.231 e. The molecule has 2 unspecified atom stereocenters. The van der Waals surface area contributed by atoms with E-state index in [1.807, 2.05) is 41.8 Å². The number of benzene rings is 1. The van der Waals surface area contributed by atoms with Crippen molar-refractivity contribution >= 4 is 23.1 Å². The molecule has 1 aliphatic carbocycles. The number of hydrogen-bond donors (Lipinski definition) is 3. The number of anilines is 2. The van der Waals surface area contributed by atoms with Gasteiger partial charge in [-0.3, -0.25) is 9.59 Å². The van der Waals surface area contributed by atoms with Gasteiger partial charge in [0.1, 0.15) is 17.1 Å². The molecule has 10 heteroatoms. The molecule has 10 nitrogen and oxygen atoms in total. The van der Waals surface area contributed by atoms with Gasteiger partial charge < -0.3 is 40.2 Å². The number of carbonyl (C=O) groups excluding carboxylic acids is 2. The van der Waals surface area contributed by atoms with Gasteiger partial charge in [-0.2, -0.15) is 0 Å². The minimum atomic E-state index is -0.843. The molecule has 0 bridgehead atoms. The largest absolute Gasteiger partial charge is 0.481 e. The van der Waals surface area contributed by atoms with Crippen molar-refractivity contribution in [2.45, 2.75) is 90.1 Å². The topological polar surface area (TPSA) is 127 Å². The summed E-state index contributed by atoms with van der Waals surface area (Å²) < 4.78 is 16.8. The lowest BCUT2D eigenvalue weighted by molar-refractivity contribution is -0.127. The lowest BCUT2D eigenvalue weighted by Gasteiger charge is -2.45. The summed E-state index contributed by atoms with van der Waals surface area (Å²) in [6.45, 7) is 10.9. The number of aliphatic hydroxyl groups is 1. The molecule has 1 amide bonds. The number of carbonyl (C=O) groups is 2. The quantitative estimate of drug-likeness (QED) is 0.259. The van der Waals surface area contributed by atoms with E-state index in [0.717, 1.165) is 30.6 Å². The van der Waals surface area contributed by atoms with Crippen molar-refractivity contribution in [1.29, 1.82) is 0 Å². The number of nitrogens with one attached hydrogen (secondary N) is 1. The van der Waals surface area contributed by atoms with Crippen LogP contribution in [0.1, 0.15) is 66.2 Å². The van der Waals surface area contributed by atoms with Crippen LogP contribution < -0.4 is 25.6 Å². The third-order valence-electron chi connectivity index (χ3n) is 9.36. The van der Waals surface area contributed by atoms with Crippen LogP contribution in [0.4, 0.5) is 11.4 Å². The predicted octanol–water partition coefficient (Wildman–Crippen LogP) is 3.34. The second kappa shape index (κ2) is 14.7. The molecule has 0 radical (unpaired) electrons. The summed E-state index contributed by atoms with van der Waals surface area (Å²) in [6.07, 6.45) is 3.38. The van der Waals surface area contributed by atoms with Crippen molar-refractivity contribution in [1.82, 2.24) is 5.32 Å². The SMILES string of the molecule is COCCCN1c2cc(N(C(=O)[C@H]3CNC[C@@H](C(=O)CCC(N)[C@@H](COC)C(C)C)C3)C3CC3)ccc2OC(C)(C)C1O. The minimum absolute atomic E-state index is 0.0488. The Morgan fingerprint density at radius 2 is 1.91 bits per heavy atom. The zero-order valence-corrected chi connectivity index (χ0v) is 27.0. The number of amides is 1. The van der Waals surface area contributed by atoms with Crippen LogP contribution in [0.25, 0.3) is 0 Å². The molecule has 0 spiro atoms. The number of piperidine rings is 1. The number of nitrogens with zero attached hydrogens (tertiary/aromatic N) is 2. The molecule has 242 valence electrons. The van der Waals surface area contributed by atoms with E-state index in [9.17, 15) is 14.7 Å². The smallest absolute Gasteiger partial charge is 0.231 e. The van der Waals surface area contributed by atoms with Crippen LogP contribution in [0.15, 0.2) is 18.2 Å². The zero-order chi connectivity index (χ0) is 31.3. The van der Waals surface area contributed by atoms with Gasteiger partial charge in [0.15, 0.2) is 6.23 Å². The van der Waals surface area contributed by atoms with E-state index in [1.165, 1.54) is 0 Å². The van der Waals surface area contributed by atoms with Gasteiger partial charge in [-0.25, -0.2) is 0 Å². The highest BCUT2D eigenvalue weighted by Crippen LogP contribution is 2.44. The fourth-order valence-electron chi connectivity index (χ4n) is 6.58. The number of hydrogen-bond acceptors (Lipinski definition) is 9. The highest BCUT2D eigenvalue weighted by atomic mass is 16.5. The van der Waals surface area contributed by atoms with Crippen LogP contribution in [0.5, 0.6) is 5.75 Å². The summed E-state index contributed by atoms with van der Waals surface area (Å²) >= 11 is 0. The van der Waals surface area contributed by atoms with Crippen molar-refractivity contribution in [2.24, 2.45) is 29.4 Å². The Morgan fingerprint density at radius 3 is 2.56 bits per heavy atom. The van der Waals surface area contributed by atoms with Gasteiger partial charge in [0.2, 0.25) is 5.91 Å². The molecule has 2 aliphatic heterocycles. The van der Waals surface area contributed by atoms with Crippen LogP contribution in [0.3, 0.4) is 0 Å². The first kappa shape index (κ1) is 33.6.